The van der Waals surface area contributed by atoms with Crippen LogP contribution in [0.2, 0.25) is 0 Å². The minimum absolute atomic E-state index is 0.353. The molecule has 0 aliphatic heterocycles. The van der Waals surface area contributed by atoms with E-state index in [1.165, 1.54) is 0 Å². The molecule has 6 nitrogen and oxygen atoms in total. The van der Waals surface area contributed by atoms with Crippen molar-refractivity contribution >= 4 is 5.97 Å². The van der Waals surface area contributed by atoms with Gasteiger partial charge >= 0.3 is 5.97 Å². The zero-order valence-electron chi connectivity index (χ0n) is 12.1. The zero-order chi connectivity index (χ0) is 15.2. The van der Waals surface area contributed by atoms with Gasteiger partial charge in [-0.1, -0.05) is 23.3 Å². The van der Waals surface area contributed by atoms with Crippen molar-refractivity contribution in [2.45, 2.75) is 32.7 Å². The largest absolute Gasteiger partial charge is 0.480 e. The maximum absolute atomic E-state index is 11.6. The van der Waals surface area contributed by atoms with Crippen LogP contribution in [0.15, 0.2) is 23.3 Å². The molecule has 108 valence electrons. The number of nitrogens with one attached hydrogen (secondary N) is 1. The molecule has 2 N–H and O–H groups in total. The Morgan fingerprint density at radius 1 is 1.45 bits per heavy atom. The van der Waals surface area contributed by atoms with Crippen LogP contribution in [0, 0.1) is 13.8 Å². The first-order valence-electron chi connectivity index (χ1n) is 6.49. The van der Waals surface area contributed by atoms with Crippen LogP contribution in [-0.2, 0) is 10.3 Å². The second-order valence-corrected chi connectivity index (χ2v) is 4.96. The van der Waals surface area contributed by atoms with Crippen LogP contribution in [0.5, 0.6) is 0 Å². The van der Waals surface area contributed by atoms with Gasteiger partial charge in [-0.05, 0) is 56.0 Å². The highest BCUT2D eigenvalue weighted by Crippen LogP contribution is 2.23. The minimum atomic E-state index is -1.14. The van der Waals surface area contributed by atoms with Crippen LogP contribution in [-0.4, -0.2) is 24.2 Å². The molecule has 6 heteroatoms. The third-order valence-electron chi connectivity index (χ3n) is 3.49. The van der Waals surface area contributed by atoms with Crippen molar-refractivity contribution in [1.29, 1.82) is 0 Å². The van der Waals surface area contributed by atoms with E-state index < -0.39 is 11.5 Å². The molecule has 0 aliphatic rings. The minimum Gasteiger partial charge on any atom is -0.480 e. The third-order valence-corrected chi connectivity index (χ3v) is 3.49. The first-order chi connectivity index (χ1) is 9.41. The molecule has 20 heavy (non-hydrogen) atoms. The Labute approximate surface area is 118 Å². The van der Waals surface area contributed by atoms with Crippen LogP contribution in [0.1, 0.15) is 30.0 Å². The van der Waals surface area contributed by atoms with Gasteiger partial charge in [-0.3, -0.25) is 5.32 Å². The summed E-state index contributed by atoms with van der Waals surface area (Å²) in [5.74, 6) is -0.926. The summed E-state index contributed by atoms with van der Waals surface area (Å²) in [7, 11) is 0. The van der Waals surface area contributed by atoms with Gasteiger partial charge < -0.3 is 5.11 Å². The van der Waals surface area contributed by atoms with Crippen LogP contribution in [0.25, 0.3) is 10.4 Å². The first-order valence-corrected chi connectivity index (χ1v) is 6.49. The lowest BCUT2D eigenvalue weighted by molar-refractivity contribution is -0.144. The fourth-order valence-electron chi connectivity index (χ4n) is 1.89. The van der Waals surface area contributed by atoms with E-state index in [4.69, 9.17) is 5.53 Å². The Hall–Kier alpha value is -2.04. The van der Waals surface area contributed by atoms with E-state index >= 15 is 0 Å². The Balaban J connectivity index is 2.87. The molecular formula is C14H20N4O2. The molecule has 0 spiro atoms. The van der Waals surface area contributed by atoms with Crippen molar-refractivity contribution in [2.75, 3.05) is 13.1 Å². The first kappa shape index (κ1) is 16.0. The monoisotopic (exact) mass is 276 g/mol. The summed E-state index contributed by atoms with van der Waals surface area (Å²) in [4.78, 5) is 14.3. The lowest BCUT2D eigenvalue weighted by atomic mass is 9.89. The van der Waals surface area contributed by atoms with E-state index in [-0.39, 0.29) is 0 Å². The summed E-state index contributed by atoms with van der Waals surface area (Å²) in [5.41, 5.74) is 9.96. The molecule has 0 bridgehead atoms. The Kier molecular flexibility index (Phi) is 5.55. The van der Waals surface area contributed by atoms with Crippen molar-refractivity contribution in [3.63, 3.8) is 0 Å². The summed E-state index contributed by atoms with van der Waals surface area (Å²) >= 11 is 0. The van der Waals surface area contributed by atoms with Gasteiger partial charge in [0.25, 0.3) is 0 Å². The number of carboxylic acids is 1. The van der Waals surface area contributed by atoms with Crippen LogP contribution in [0.4, 0.5) is 0 Å². The maximum atomic E-state index is 11.6. The normalized spacial score (nSPS) is 13.3. The molecule has 0 radical (unpaired) electrons. The highest BCUT2D eigenvalue weighted by Gasteiger charge is 2.34. The smallest absolute Gasteiger partial charge is 0.328 e. The summed E-state index contributed by atoms with van der Waals surface area (Å²) in [6.45, 7) is 6.42. The second-order valence-electron chi connectivity index (χ2n) is 4.96. The Morgan fingerprint density at radius 3 is 2.70 bits per heavy atom. The highest BCUT2D eigenvalue weighted by molar-refractivity contribution is 5.80. The molecule has 0 heterocycles. The predicted octanol–water partition coefficient (Wildman–Crippen LogP) is 2.89. The second kappa shape index (κ2) is 6.93. The van der Waals surface area contributed by atoms with Crippen molar-refractivity contribution in [2.24, 2.45) is 5.11 Å². The molecule has 0 saturated carbocycles. The van der Waals surface area contributed by atoms with Crippen molar-refractivity contribution < 1.29 is 9.90 Å². The number of hydrogen-bond donors (Lipinski definition) is 2. The van der Waals surface area contributed by atoms with Crippen molar-refractivity contribution in [3.05, 3.63) is 45.3 Å². The number of carbonyl (C=O) groups is 1. The van der Waals surface area contributed by atoms with Gasteiger partial charge in [0, 0.05) is 11.5 Å². The lowest BCUT2D eigenvalue weighted by Crippen LogP contribution is -2.47. The molecule has 1 aromatic carbocycles. The summed E-state index contributed by atoms with van der Waals surface area (Å²) < 4.78 is 0. The molecule has 0 amide bonds. The SMILES string of the molecule is Cc1ccc(C(C)(NCCCN=[N+]=[N-])C(=O)O)cc1C. The molecule has 1 unspecified atom stereocenters. The van der Waals surface area contributed by atoms with Gasteiger partial charge in [0.2, 0.25) is 0 Å². The number of hydrogen-bond acceptors (Lipinski definition) is 3. The van der Waals surface area contributed by atoms with E-state index in [2.05, 4.69) is 15.3 Å². The predicted molar refractivity (Wildman–Crippen MR) is 77.5 cm³/mol. The van der Waals surface area contributed by atoms with E-state index in [0.717, 1.165) is 16.7 Å². The van der Waals surface area contributed by atoms with Crippen molar-refractivity contribution in [3.8, 4) is 0 Å². The average molecular weight is 276 g/mol. The van der Waals surface area contributed by atoms with Gasteiger partial charge in [0.05, 0.1) is 0 Å². The van der Waals surface area contributed by atoms with E-state index in [1.54, 1.807) is 6.92 Å². The Bertz CT molecular complexity index is 538. The number of benzene rings is 1. The molecular weight excluding hydrogens is 256 g/mol. The van der Waals surface area contributed by atoms with Crippen molar-refractivity contribution in [1.82, 2.24) is 5.32 Å². The molecule has 0 fully saturated rings. The molecule has 0 saturated heterocycles. The lowest BCUT2D eigenvalue weighted by Gasteiger charge is -2.27. The van der Waals surface area contributed by atoms with Gasteiger partial charge in [0.1, 0.15) is 5.54 Å². The number of azide groups is 1. The van der Waals surface area contributed by atoms with E-state index in [0.29, 0.717) is 19.5 Å². The molecule has 0 aromatic heterocycles. The average Bonchev–Trinajstić information content (AvgIpc) is 2.41. The van der Waals surface area contributed by atoms with E-state index in [1.807, 2.05) is 32.0 Å². The topological polar surface area (TPSA) is 98.1 Å². The maximum Gasteiger partial charge on any atom is 0.328 e. The van der Waals surface area contributed by atoms with Crippen LogP contribution in [0.3, 0.4) is 0 Å². The molecule has 1 aromatic rings. The number of aliphatic carboxylic acids is 1. The van der Waals surface area contributed by atoms with E-state index in [9.17, 15) is 9.90 Å². The summed E-state index contributed by atoms with van der Waals surface area (Å²) in [5, 5.41) is 16.0. The number of nitrogens with zero attached hydrogens (tertiary/aromatic N) is 3. The molecule has 1 atom stereocenters. The standard InChI is InChI=1S/C14H20N4O2/c1-10-5-6-12(9-11(10)2)14(3,13(19)20)16-7-4-8-17-18-15/h5-6,9,16H,4,7-8H2,1-3H3,(H,19,20). The zero-order valence-corrected chi connectivity index (χ0v) is 12.1. The number of carboxylic acid groups (broad SMARTS) is 1. The summed E-state index contributed by atoms with van der Waals surface area (Å²) in [6.07, 6.45) is 0.595. The van der Waals surface area contributed by atoms with Crippen LogP contribution < -0.4 is 5.32 Å². The summed E-state index contributed by atoms with van der Waals surface area (Å²) in [6, 6.07) is 5.65. The van der Waals surface area contributed by atoms with Gasteiger partial charge in [-0.2, -0.15) is 0 Å². The van der Waals surface area contributed by atoms with Gasteiger partial charge in [-0.25, -0.2) is 4.79 Å². The number of aryl methyl sites for hydroxylation is 2. The van der Waals surface area contributed by atoms with Crippen LogP contribution >= 0.6 is 0 Å². The molecule has 0 aliphatic carbocycles. The fraction of sp³-hybridized carbons (Fsp3) is 0.500. The quantitative estimate of drug-likeness (QED) is 0.346. The fourth-order valence-corrected chi connectivity index (χ4v) is 1.89. The highest BCUT2D eigenvalue weighted by atomic mass is 16.4. The van der Waals surface area contributed by atoms with Gasteiger partial charge in [-0.15, -0.1) is 0 Å². The Morgan fingerprint density at radius 2 is 2.15 bits per heavy atom. The van der Waals surface area contributed by atoms with Gasteiger partial charge in [0.15, 0.2) is 0 Å². The third kappa shape index (κ3) is 3.73. The number of rotatable bonds is 7. The molecule has 1 rings (SSSR count).